The summed E-state index contributed by atoms with van der Waals surface area (Å²) in [6, 6.07) is 8.17. The molecule has 1 fully saturated rings. The lowest BCUT2D eigenvalue weighted by atomic mass is 9.92. The molecule has 0 aliphatic carbocycles. The molecule has 2 atom stereocenters. The zero-order valence-electron chi connectivity index (χ0n) is 8.53. The highest BCUT2D eigenvalue weighted by atomic mass is 16.3. The van der Waals surface area contributed by atoms with E-state index in [9.17, 15) is 5.11 Å². The molecule has 1 aliphatic heterocycles. The van der Waals surface area contributed by atoms with E-state index in [1.807, 2.05) is 12.1 Å². The molecular formula is C12H17NO. The van der Waals surface area contributed by atoms with Crippen molar-refractivity contribution in [3.05, 3.63) is 29.8 Å². The fourth-order valence-electron chi connectivity index (χ4n) is 2.15. The predicted molar refractivity (Wildman–Crippen MR) is 57.5 cm³/mol. The molecule has 0 aromatic heterocycles. The number of nitrogens with one attached hydrogen (secondary N) is 1. The van der Waals surface area contributed by atoms with E-state index < -0.39 is 0 Å². The Morgan fingerprint density at radius 3 is 2.64 bits per heavy atom. The summed E-state index contributed by atoms with van der Waals surface area (Å²) in [7, 11) is 0. The zero-order valence-corrected chi connectivity index (χ0v) is 8.53. The number of hydrogen-bond acceptors (Lipinski definition) is 2. The van der Waals surface area contributed by atoms with Gasteiger partial charge in [-0.15, -0.1) is 0 Å². The van der Waals surface area contributed by atoms with Crippen molar-refractivity contribution in [1.82, 2.24) is 5.32 Å². The second-order valence-corrected chi connectivity index (χ2v) is 4.08. The van der Waals surface area contributed by atoms with Crippen molar-refractivity contribution in [2.24, 2.45) is 0 Å². The third-order valence-electron chi connectivity index (χ3n) is 3.12. The quantitative estimate of drug-likeness (QED) is 0.751. The Balaban J connectivity index is 2.09. The van der Waals surface area contributed by atoms with E-state index in [0.717, 1.165) is 6.54 Å². The fraction of sp³-hybridized carbons (Fsp3) is 0.500. The molecule has 2 rings (SSSR count). The normalized spacial score (nSPS) is 23.6. The lowest BCUT2D eigenvalue weighted by Crippen LogP contribution is -2.27. The van der Waals surface area contributed by atoms with E-state index >= 15 is 0 Å². The molecular weight excluding hydrogens is 174 g/mol. The molecule has 0 spiro atoms. The molecule has 1 saturated heterocycles. The second kappa shape index (κ2) is 4.01. The van der Waals surface area contributed by atoms with Crippen molar-refractivity contribution in [2.75, 3.05) is 6.54 Å². The molecule has 2 heteroatoms. The number of benzene rings is 1. The SMILES string of the molecule is CC(c1ccc(O)cc1)C1CCCN1. The monoisotopic (exact) mass is 191 g/mol. The highest BCUT2D eigenvalue weighted by Gasteiger charge is 2.21. The molecule has 0 amide bonds. The van der Waals surface area contributed by atoms with Gasteiger partial charge in [0.05, 0.1) is 0 Å². The molecule has 1 aromatic carbocycles. The summed E-state index contributed by atoms with van der Waals surface area (Å²) in [6.45, 7) is 3.39. The standard InChI is InChI=1S/C12H17NO/c1-9(12-3-2-8-13-12)10-4-6-11(14)7-5-10/h4-7,9,12-14H,2-3,8H2,1H3. The first-order valence-electron chi connectivity index (χ1n) is 5.29. The first-order chi connectivity index (χ1) is 6.77. The molecule has 76 valence electrons. The minimum atomic E-state index is 0.348. The molecule has 0 radical (unpaired) electrons. The third-order valence-corrected chi connectivity index (χ3v) is 3.12. The molecule has 0 bridgehead atoms. The van der Waals surface area contributed by atoms with Gasteiger partial charge in [0.15, 0.2) is 0 Å². The molecule has 2 nitrogen and oxygen atoms in total. The van der Waals surface area contributed by atoms with Crippen LogP contribution in [-0.4, -0.2) is 17.7 Å². The Morgan fingerprint density at radius 1 is 1.36 bits per heavy atom. The summed E-state index contributed by atoms with van der Waals surface area (Å²) in [5.41, 5.74) is 1.31. The van der Waals surface area contributed by atoms with Crippen LogP contribution in [0.2, 0.25) is 0 Å². The number of aromatic hydroxyl groups is 1. The molecule has 14 heavy (non-hydrogen) atoms. The van der Waals surface area contributed by atoms with Crippen LogP contribution in [-0.2, 0) is 0 Å². The van der Waals surface area contributed by atoms with Crippen LogP contribution < -0.4 is 5.32 Å². The van der Waals surface area contributed by atoms with Crippen LogP contribution >= 0.6 is 0 Å². The number of rotatable bonds is 2. The summed E-state index contributed by atoms with van der Waals surface area (Å²) in [4.78, 5) is 0. The Hall–Kier alpha value is -1.02. The van der Waals surface area contributed by atoms with Crippen LogP contribution in [0.5, 0.6) is 5.75 Å². The van der Waals surface area contributed by atoms with Gasteiger partial charge in [0.25, 0.3) is 0 Å². The van der Waals surface area contributed by atoms with Gasteiger partial charge >= 0.3 is 0 Å². The third kappa shape index (κ3) is 1.90. The van der Waals surface area contributed by atoms with E-state index in [4.69, 9.17) is 0 Å². The zero-order chi connectivity index (χ0) is 9.97. The summed E-state index contributed by atoms with van der Waals surface area (Å²) < 4.78 is 0. The highest BCUT2D eigenvalue weighted by Crippen LogP contribution is 2.25. The Bertz CT molecular complexity index is 288. The summed E-state index contributed by atoms with van der Waals surface area (Å²) in [5, 5.41) is 12.7. The van der Waals surface area contributed by atoms with Gasteiger partial charge in [0.2, 0.25) is 0 Å². The van der Waals surface area contributed by atoms with Crippen LogP contribution in [0.1, 0.15) is 31.2 Å². The van der Waals surface area contributed by atoms with Crippen molar-refractivity contribution >= 4 is 0 Å². The van der Waals surface area contributed by atoms with E-state index in [0.29, 0.717) is 17.7 Å². The van der Waals surface area contributed by atoms with E-state index in [-0.39, 0.29) is 0 Å². The molecule has 1 aromatic rings. The number of phenolic OH excluding ortho intramolecular Hbond substituents is 1. The topological polar surface area (TPSA) is 32.3 Å². The summed E-state index contributed by atoms with van der Waals surface area (Å²) in [6.07, 6.45) is 2.55. The first kappa shape index (κ1) is 9.53. The molecule has 0 saturated carbocycles. The van der Waals surface area contributed by atoms with Gasteiger partial charge in [-0.1, -0.05) is 19.1 Å². The first-order valence-corrected chi connectivity index (χ1v) is 5.29. The van der Waals surface area contributed by atoms with Crippen LogP contribution in [0, 0.1) is 0 Å². The maximum atomic E-state index is 9.19. The van der Waals surface area contributed by atoms with Crippen LogP contribution in [0.15, 0.2) is 24.3 Å². The maximum absolute atomic E-state index is 9.19. The predicted octanol–water partition coefficient (Wildman–Crippen LogP) is 2.25. The van der Waals surface area contributed by atoms with E-state index in [1.165, 1.54) is 18.4 Å². The van der Waals surface area contributed by atoms with Gasteiger partial charge in [-0.3, -0.25) is 0 Å². The van der Waals surface area contributed by atoms with E-state index in [1.54, 1.807) is 12.1 Å². The molecule has 1 heterocycles. The molecule has 1 aliphatic rings. The van der Waals surface area contributed by atoms with Crippen molar-refractivity contribution < 1.29 is 5.11 Å². The van der Waals surface area contributed by atoms with Crippen molar-refractivity contribution in [3.8, 4) is 5.75 Å². The average molecular weight is 191 g/mol. The minimum Gasteiger partial charge on any atom is -0.508 e. The Morgan fingerprint density at radius 2 is 2.07 bits per heavy atom. The maximum Gasteiger partial charge on any atom is 0.115 e. The fourth-order valence-corrected chi connectivity index (χ4v) is 2.15. The van der Waals surface area contributed by atoms with Gasteiger partial charge in [0, 0.05) is 6.04 Å². The number of phenols is 1. The van der Waals surface area contributed by atoms with Crippen molar-refractivity contribution in [3.63, 3.8) is 0 Å². The van der Waals surface area contributed by atoms with E-state index in [2.05, 4.69) is 12.2 Å². The molecule has 2 unspecified atom stereocenters. The lowest BCUT2D eigenvalue weighted by Gasteiger charge is -2.19. The van der Waals surface area contributed by atoms with Crippen molar-refractivity contribution in [2.45, 2.75) is 31.7 Å². The van der Waals surface area contributed by atoms with Gasteiger partial charge in [-0.05, 0) is 43.0 Å². The van der Waals surface area contributed by atoms with Crippen LogP contribution in [0.25, 0.3) is 0 Å². The van der Waals surface area contributed by atoms with Gasteiger partial charge in [-0.25, -0.2) is 0 Å². The van der Waals surface area contributed by atoms with Crippen LogP contribution in [0.3, 0.4) is 0 Å². The molecule has 2 N–H and O–H groups in total. The minimum absolute atomic E-state index is 0.348. The Labute approximate surface area is 85.0 Å². The van der Waals surface area contributed by atoms with Gasteiger partial charge in [-0.2, -0.15) is 0 Å². The van der Waals surface area contributed by atoms with Gasteiger partial charge in [0.1, 0.15) is 5.75 Å². The largest absolute Gasteiger partial charge is 0.508 e. The Kier molecular flexibility index (Phi) is 2.73. The van der Waals surface area contributed by atoms with Gasteiger partial charge < -0.3 is 10.4 Å². The second-order valence-electron chi connectivity index (χ2n) is 4.08. The van der Waals surface area contributed by atoms with Crippen LogP contribution in [0.4, 0.5) is 0 Å². The highest BCUT2D eigenvalue weighted by molar-refractivity contribution is 5.29. The average Bonchev–Trinajstić information content (AvgIpc) is 2.71. The summed E-state index contributed by atoms with van der Waals surface area (Å²) in [5.74, 6) is 0.887. The number of hydrogen-bond donors (Lipinski definition) is 2. The summed E-state index contributed by atoms with van der Waals surface area (Å²) >= 11 is 0. The van der Waals surface area contributed by atoms with Crippen molar-refractivity contribution in [1.29, 1.82) is 0 Å². The smallest absolute Gasteiger partial charge is 0.115 e. The lowest BCUT2D eigenvalue weighted by molar-refractivity contribution is 0.473.